The van der Waals surface area contributed by atoms with E-state index in [4.69, 9.17) is 16.3 Å². The molecule has 0 saturated heterocycles. The molecule has 15 heavy (non-hydrogen) atoms. The van der Waals surface area contributed by atoms with Crippen molar-refractivity contribution in [1.82, 2.24) is 0 Å². The van der Waals surface area contributed by atoms with E-state index < -0.39 is 0 Å². The SMILES string of the molecule is CC(C)(C)COCCc1cccc(Cl)c1. The van der Waals surface area contributed by atoms with E-state index in [-0.39, 0.29) is 5.41 Å². The largest absolute Gasteiger partial charge is 0.381 e. The minimum Gasteiger partial charge on any atom is -0.381 e. The number of benzene rings is 1. The summed E-state index contributed by atoms with van der Waals surface area (Å²) in [7, 11) is 0. The Bertz CT molecular complexity index is 302. The zero-order valence-corrected chi connectivity index (χ0v) is 10.5. The molecule has 1 nitrogen and oxygen atoms in total. The van der Waals surface area contributed by atoms with Crippen molar-refractivity contribution >= 4 is 11.6 Å². The minimum absolute atomic E-state index is 0.244. The third-order valence-electron chi connectivity index (χ3n) is 1.96. The fourth-order valence-corrected chi connectivity index (χ4v) is 1.47. The van der Waals surface area contributed by atoms with Crippen LogP contribution < -0.4 is 0 Å². The maximum atomic E-state index is 5.89. The minimum atomic E-state index is 0.244. The molecule has 0 unspecified atom stereocenters. The topological polar surface area (TPSA) is 9.23 Å². The monoisotopic (exact) mass is 226 g/mol. The zero-order chi connectivity index (χ0) is 11.3. The number of rotatable bonds is 4. The Morgan fingerprint density at radius 1 is 1.27 bits per heavy atom. The van der Waals surface area contributed by atoms with Crippen LogP contribution in [0.2, 0.25) is 5.02 Å². The molecule has 0 atom stereocenters. The van der Waals surface area contributed by atoms with Gasteiger partial charge in [0.05, 0.1) is 13.2 Å². The molecule has 0 heterocycles. The lowest BCUT2D eigenvalue weighted by molar-refractivity contribution is 0.0733. The van der Waals surface area contributed by atoms with Gasteiger partial charge >= 0.3 is 0 Å². The first-order chi connectivity index (χ1) is 6.97. The lowest BCUT2D eigenvalue weighted by Crippen LogP contribution is -2.15. The first-order valence-electron chi connectivity index (χ1n) is 5.29. The van der Waals surface area contributed by atoms with Gasteiger partial charge in [-0.3, -0.25) is 0 Å². The molecule has 2 heteroatoms. The molecule has 0 fully saturated rings. The smallest absolute Gasteiger partial charge is 0.0514 e. The lowest BCUT2D eigenvalue weighted by atomic mass is 9.99. The van der Waals surface area contributed by atoms with Crippen molar-refractivity contribution in [3.8, 4) is 0 Å². The van der Waals surface area contributed by atoms with Crippen LogP contribution in [0, 0.1) is 5.41 Å². The highest BCUT2D eigenvalue weighted by molar-refractivity contribution is 6.30. The maximum Gasteiger partial charge on any atom is 0.0514 e. The third-order valence-corrected chi connectivity index (χ3v) is 2.19. The highest BCUT2D eigenvalue weighted by atomic mass is 35.5. The number of ether oxygens (including phenoxy) is 1. The Balaban J connectivity index is 2.26. The molecule has 0 aliphatic heterocycles. The standard InChI is InChI=1S/C13H19ClO/c1-13(2,3)10-15-8-7-11-5-4-6-12(14)9-11/h4-6,9H,7-8,10H2,1-3H3. The van der Waals surface area contributed by atoms with Gasteiger partial charge in [-0.05, 0) is 29.5 Å². The quantitative estimate of drug-likeness (QED) is 0.707. The molecule has 0 aliphatic carbocycles. The molecule has 1 aromatic rings. The van der Waals surface area contributed by atoms with Crippen LogP contribution >= 0.6 is 11.6 Å². The predicted molar refractivity (Wildman–Crippen MR) is 65.4 cm³/mol. The second-order valence-corrected chi connectivity index (χ2v) is 5.43. The number of halogens is 1. The summed E-state index contributed by atoms with van der Waals surface area (Å²) in [5.41, 5.74) is 1.48. The van der Waals surface area contributed by atoms with E-state index >= 15 is 0 Å². The van der Waals surface area contributed by atoms with Gasteiger partial charge in [0.25, 0.3) is 0 Å². The Morgan fingerprint density at radius 3 is 2.60 bits per heavy atom. The van der Waals surface area contributed by atoms with Gasteiger partial charge in [-0.15, -0.1) is 0 Å². The van der Waals surface area contributed by atoms with Crippen molar-refractivity contribution in [3.05, 3.63) is 34.9 Å². The Hall–Kier alpha value is -0.530. The predicted octanol–water partition coefficient (Wildman–Crippen LogP) is 3.95. The Labute approximate surface area is 97.4 Å². The molecule has 84 valence electrons. The molecular formula is C13H19ClO. The van der Waals surface area contributed by atoms with Crippen molar-refractivity contribution in [2.24, 2.45) is 5.41 Å². The number of hydrogen-bond acceptors (Lipinski definition) is 1. The van der Waals surface area contributed by atoms with Crippen molar-refractivity contribution < 1.29 is 4.74 Å². The van der Waals surface area contributed by atoms with Crippen LogP contribution in [-0.2, 0) is 11.2 Å². The average molecular weight is 227 g/mol. The van der Waals surface area contributed by atoms with E-state index in [2.05, 4.69) is 26.8 Å². The molecule has 0 spiro atoms. The van der Waals surface area contributed by atoms with E-state index in [9.17, 15) is 0 Å². The molecular weight excluding hydrogens is 208 g/mol. The molecule has 0 bridgehead atoms. The van der Waals surface area contributed by atoms with Crippen molar-refractivity contribution in [3.63, 3.8) is 0 Å². The van der Waals surface area contributed by atoms with Gasteiger partial charge < -0.3 is 4.74 Å². The first kappa shape index (κ1) is 12.5. The van der Waals surface area contributed by atoms with Crippen molar-refractivity contribution in [2.45, 2.75) is 27.2 Å². The van der Waals surface area contributed by atoms with Crippen LogP contribution in [0.15, 0.2) is 24.3 Å². The summed E-state index contributed by atoms with van der Waals surface area (Å²) in [6.45, 7) is 8.08. The van der Waals surface area contributed by atoms with Crippen LogP contribution in [0.3, 0.4) is 0 Å². The van der Waals surface area contributed by atoms with E-state index in [1.807, 2.05) is 18.2 Å². The van der Waals surface area contributed by atoms with E-state index in [0.29, 0.717) is 0 Å². The summed E-state index contributed by atoms with van der Waals surface area (Å²) >= 11 is 5.89. The highest BCUT2D eigenvalue weighted by Gasteiger charge is 2.09. The van der Waals surface area contributed by atoms with Crippen LogP contribution in [0.25, 0.3) is 0 Å². The summed E-state index contributed by atoms with van der Waals surface area (Å²) in [5.74, 6) is 0. The average Bonchev–Trinajstić information content (AvgIpc) is 2.11. The van der Waals surface area contributed by atoms with Crippen LogP contribution in [0.5, 0.6) is 0 Å². The molecule has 0 saturated carbocycles. The summed E-state index contributed by atoms with van der Waals surface area (Å²) in [6.07, 6.45) is 0.927. The van der Waals surface area contributed by atoms with Crippen LogP contribution in [0.4, 0.5) is 0 Å². The zero-order valence-electron chi connectivity index (χ0n) is 9.72. The summed E-state index contributed by atoms with van der Waals surface area (Å²) in [4.78, 5) is 0. The van der Waals surface area contributed by atoms with Crippen molar-refractivity contribution in [1.29, 1.82) is 0 Å². The van der Waals surface area contributed by atoms with E-state index in [1.54, 1.807) is 0 Å². The van der Waals surface area contributed by atoms with Gasteiger partial charge in [0.15, 0.2) is 0 Å². The van der Waals surface area contributed by atoms with Crippen molar-refractivity contribution in [2.75, 3.05) is 13.2 Å². The van der Waals surface area contributed by atoms with Crippen LogP contribution in [0.1, 0.15) is 26.3 Å². The summed E-state index contributed by atoms with van der Waals surface area (Å²) in [6, 6.07) is 7.93. The van der Waals surface area contributed by atoms with Gasteiger partial charge in [0, 0.05) is 5.02 Å². The summed E-state index contributed by atoms with van der Waals surface area (Å²) in [5, 5.41) is 0.795. The van der Waals surface area contributed by atoms with Gasteiger partial charge in [-0.1, -0.05) is 44.5 Å². The molecule has 0 N–H and O–H groups in total. The number of hydrogen-bond donors (Lipinski definition) is 0. The van der Waals surface area contributed by atoms with E-state index in [1.165, 1.54) is 5.56 Å². The third kappa shape index (κ3) is 5.81. The van der Waals surface area contributed by atoms with Crippen LogP contribution in [-0.4, -0.2) is 13.2 Å². The normalized spacial score (nSPS) is 11.7. The molecule has 1 aromatic carbocycles. The first-order valence-corrected chi connectivity index (χ1v) is 5.67. The second-order valence-electron chi connectivity index (χ2n) is 4.99. The van der Waals surface area contributed by atoms with Gasteiger partial charge in [0.2, 0.25) is 0 Å². The van der Waals surface area contributed by atoms with E-state index in [0.717, 1.165) is 24.7 Å². The fourth-order valence-electron chi connectivity index (χ4n) is 1.26. The highest BCUT2D eigenvalue weighted by Crippen LogP contribution is 2.14. The molecule has 0 amide bonds. The maximum absolute atomic E-state index is 5.89. The van der Waals surface area contributed by atoms with Gasteiger partial charge in [-0.25, -0.2) is 0 Å². The van der Waals surface area contributed by atoms with Gasteiger partial charge in [-0.2, -0.15) is 0 Å². The lowest BCUT2D eigenvalue weighted by Gasteiger charge is -2.17. The Kier molecular flexibility index (Phi) is 4.62. The molecule has 0 aliphatic rings. The molecule has 0 aromatic heterocycles. The summed E-state index contributed by atoms with van der Waals surface area (Å²) < 4.78 is 5.60. The molecule has 0 radical (unpaired) electrons. The fraction of sp³-hybridized carbons (Fsp3) is 0.538. The molecule has 1 rings (SSSR count). The van der Waals surface area contributed by atoms with Gasteiger partial charge in [0.1, 0.15) is 0 Å². The Morgan fingerprint density at radius 2 is 2.00 bits per heavy atom. The second kappa shape index (κ2) is 5.53.